The minimum Gasteiger partial charge on any atom is -0.329 e. The molecule has 4 aromatic carbocycles. The van der Waals surface area contributed by atoms with E-state index >= 15 is 0 Å². The normalized spacial score (nSPS) is 12.6. The highest BCUT2D eigenvalue weighted by Gasteiger charge is 2.31. The molecule has 6 nitrogen and oxygen atoms in total. The summed E-state index contributed by atoms with van der Waals surface area (Å²) in [5.41, 5.74) is 2.48. The Morgan fingerprint density at radius 1 is 0.590 bits per heavy atom. The van der Waals surface area contributed by atoms with Crippen LogP contribution in [0, 0.1) is 6.92 Å². The maximum absolute atomic E-state index is 13.1. The van der Waals surface area contributed by atoms with Crippen molar-refractivity contribution in [2.24, 2.45) is 0 Å². The molecule has 4 amide bonds. The first-order valence-electron chi connectivity index (χ1n) is 12.2. The topological polar surface area (TPSA) is 82.3 Å². The van der Waals surface area contributed by atoms with Gasteiger partial charge >= 0.3 is 18.2 Å². The summed E-state index contributed by atoms with van der Waals surface area (Å²) in [5, 5.41) is 11.3. The second-order valence-electron chi connectivity index (χ2n) is 8.91. The number of nitrogens with one attached hydrogen (secondary N) is 4. The molecule has 200 valence electrons. The monoisotopic (exact) mass is 532 g/mol. The lowest BCUT2D eigenvalue weighted by molar-refractivity contribution is -0.137. The van der Waals surface area contributed by atoms with E-state index < -0.39 is 35.9 Å². The van der Waals surface area contributed by atoms with Gasteiger partial charge in [-0.3, -0.25) is 0 Å². The highest BCUT2D eigenvalue weighted by molar-refractivity contribution is 5.91. The van der Waals surface area contributed by atoms with Gasteiger partial charge in [-0.25, -0.2) is 9.59 Å². The lowest BCUT2D eigenvalue weighted by Crippen LogP contribution is -2.43. The van der Waals surface area contributed by atoms with Gasteiger partial charge in [0.05, 0.1) is 17.6 Å². The van der Waals surface area contributed by atoms with E-state index in [4.69, 9.17) is 0 Å². The number of carbonyl (C=O) groups is 2. The molecule has 0 fully saturated rings. The minimum absolute atomic E-state index is 0.189. The summed E-state index contributed by atoms with van der Waals surface area (Å²) >= 11 is 0. The maximum atomic E-state index is 13.1. The van der Waals surface area contributed by atoms with Gasteiger partial charge in [0.1, 0.15) is 0 Å². The number of amides is 4. The number of rotatable bonds is 7. The number of carbonyl (C=O) groups excluding carboxylic acids is 2. The van der Waals surface area contributed by atoms with E-state index in [1.54, 1.807) is 12.1 Å². The first kappa shape index (κ1) is 27.3. The lowest BCUT2D eigenvalue weighted by Gasteiger charge is -2.30. The van der Waals surface area contributed by atoms with Crippen molar-refractivity contribution in [3.8, 4) is 0 Å². The van der Waals surface area contributed by atoms with Gasteiger partial charge in [-0.1, -0.05) is 78.4 Å². The van der Waals surface area contributed by atoms with Crippen LogP contribution in [0.1, 0.15) is 34.3 Å². The Bertz CT molecular complexity index is 1380. The number of aryl methyl sites for hydroxylation is 1. The van der Waals surface area contributed by atoms with Crippen LogP contribution in [0.3, 0.4) is 0 Å². The van der Waals surface area contributed by atoms with E-state index in [-0.39, 0.29) is 5.69 Å². The van der Waals surface area contributed by atoms with Gasteiger partial charge in [0, 0.05) is 11.4 Å². The molecule has 39 heavy (non-hydrogen) atoms. The predicted octanol–water partition coefficient (Wildman–Crippen LogP) is 7.44. The van der Waals surface area contributed by atoms with E-state index in [9.17, 15) is 22.8 Å². The molecule has 0 aromatic heterocycles. The molecule has 0 aliphatic carbocycles. The van der Waals surface area contributed by atoms with Crippen LogP contribution in [-0.4, -0.2) is 12.1 Å². The Hall–Kier alpha value is -4.79. The molecule has 9 heteroatoms. The standard InChI is InChI=1S/C30H27F3N4O2/c1-20-12-16-24(17-13-20)34-28(38)36-26(21-8-4-2-5-9-21)27(22-10-6-3-7-11-22)37-29(39)35-25-18-14-23(15-19-25)30(31,32)33/h2-19,26-27H,1H3,(H2,34,36,38)(H2,35,37,39). The Morgan fingerprint density at radius 2 is 0.974 bits per heavy atom. The van der Waals surface area contributed by atoms with Crippen LogP contribution in [0.25, 0.3) is 0 Å². The Balaban J connectivity index is 1.59. The van der Waals surface area contributed by atoms with Gasteiger partial charge in [0.25, 0.3) is 0 Å². The molecule has 0 spiro atoms. The third kappa shape index (κ3) is 7.61. The fourth-order valence-corrected chi connectivity index (χ4v) is 4.04. The van der Waals surface area contributed by atoms with Crippen LogP contribution >= 0.6 is 0 Å². The van der Waals surface area contributed by atoms with Crippen LogP contribution in [0.2, 0.25) is 0 Å². The van der Waals surface area contributed by atoms with Gasteiger partial charge in [-0.05, 0) is 54.4 Å². The molecule has 4 aromatic rings. The summed E-state index contributed by atoms with van der Waals surface area (Å²) in [4.78, 5) is 26.1. The van der Waals surface area contributed by atoms with Crippen molar-refractivity contribution in [3.05, 3.63) is 131 Å². The number of hydrogen-bond donors (Lipinski definition) is 4. The largest absolute Gasteiger partial charge is 0.416 e. The predicted molar refractivity (Wildman–Crippen MR) is 145 cm³/mol. The van der Waals surface area contributed by atoms with Gasteiger partial charge in [-0.15, -0.1) is 0 Å². The summed E-state index contributed by atoms with van der Waals surface area (Å²) in [6.45, 7) is 1.95. The van der Waals surface area contributed by atoms with Gasteiger partial charge in [0.15, 0.2) is 0 Å². The van der Waals surface area contributed by atoms with Gasteiger partial charge in [0.2, 0.25) is 0 Å². The second-order valence-corrected chi connectivity index (χ2v) is 8.91. The summed E-state index contributed by atoms with van der Waals surface area (Å²) in [6.07, 6.45) is -4.48. The smallest absolute Gasteiger partial charge is 0.329 e. The van der Waals surface area contributed by atoms with Crippen LogP contribution in [0.5, 0.6) is 0 Å². The molecule has 0 saturated carbocycles. The van der Waals surface area contributed by atoms with Crippen molar-refractivity contribution in [1.82, 2.24) is 10.6 Å². The van der Waals surface area contributed by atoms with Crippen LogP contribution in [0.15, 0.2) is 109 Å². The first-order valence-corrected chi connectivity index (χ1v) is 12.2. The first-order chi connectivity index (χ1) is 18.7. The van der Waals surface area contributed by atoms with E-state index in [1.165, 1.54) is 12.1 Å². The molecule has 0 aliphatic heterocycles. The number of anilines is 2. The molecule has 2 atom stereocenters. The van der Waals surface area contributed by atoms with Crippen LogP contribution in [-0.2, 0) is 6.18 Å². The molecule has 0 saturated heterocycles. The van der Waals surface area contributed by atoms with E-state index in [0.29, 0.717) is 11.3 Å². The lowest BCUT2D eigenvalue weighted by atomic mass is 9.93. The maximum Gasteiger partial charge on any atom is 0.416 e. The Morgan fingerprint density at radius 3 is 1.36 bits per heavy atom. The van der Waals surface area contributed by atoms with Crippen LogP contribution in [0.4, 0.5) is 34.1 Å². The number of urea groups is 2. The highest BCUT2D eigenvalue weighted by atomic mass is 19.4. The van der Waals surface area contributed by atoms with Crippen molar-refractivity contribution in [3.63, 3.8) is 0 Å². The molecule has 4 N–H and O–H groups in total. The van der Waals surface area contributed by atoms with Gasteiger partial charge in [-0.2, -0.15) is 13.2 Å². The summed E-state index contributed by atoms with van der Waals surface area (Å²) < 4.78 is 38.7. The number of halogens is 3. The van der Waals surface area contributed by atoms with Gasteiger partial charge < -0.3 is 21.3 Å². The van der Waals surface area contributed by atoms with E-state index in [0.717, 1.165) is 23.3 Å². The van der Waals surface area contributed by atoms with Crippen molar-refractivity contribution in [1.29, 1.82) is 0 Å². The third-order valence-corrected chi connectivity index (χ3v) is 6.00. The molecule has 0 radical (unpaired) electrons. The van der Waals surface area contributed by atoms with Crippen molar-refractivity contribution < 1.29 is 22.8 Å². The zero-order valence-corrected chi connectivity index (χ0v) is 21.0. The average molecular weight is 533 g/mol. The molecule has 2 unspecified atom stereocenters. The summed E-state index contributed by atoms with van der Waals surface area (Å²) in [7, 11) is 0. The Labute approximate surface area is 224 Å². The second kappa shape index (κ2) is 12.2. The molecule has 4 rings (SSSR count). The van der Waals surface area contributed by atoms with E-state index in [1.807, 2.05) is 79.7 Å². The Kier molecular flexibility index (Phi) is 8.50. The minimum atomic E-state index is -4.48. The fourth-order valence-electron chi connectivity index (χ4n) is 4.04. The number of benzene rings is 4. The van der Waals surface area contributed by atoms with Crippen molar-refractivity contribution in [2.45, 2.75) is 25.2 Å². The summed E-state index contributed by atoms with van der Waals surface area (Å²) in [6, 6.07) is 27.2. The number of hydrogen-bond acceptors (Lipinski definition) is 2. The van der Waals surface area contributed by atoms with Crippen molar-refractivity contribution >= 4 is 23.4 Å². The van der Waals surface area contributed by atoms with Crippen LogP contribution < -0.4 is 21.3 Å². The zero-order chi connectivity index (χ0) is 27.8. The quantitative estimate of drug-likeness (QED) is 0.200. The zero-order valence-electron chi connectivity index (χ0n) is 21.0. The molecular weight excluding hydrogens is 505 g/mol. The van der Waals surface area contributed by atoms with E-state index in [2.05, 4.69) is 21.3 Å². The fraction of sp³-hybridized carbons (Fsp3) is 0.133. The summed E-state index contributed by atoms with van der Waals surface area (Å²) in [5.74, 6) is 0. The van der Waals surface area contributed by atoms with Crippen molar-refractivity contribution in [2.75, 3.05) is 10.6 Å². The molecular formula is C30H27F3N4O2. The number of alkyl halides is 3. The third-order valence-electron chi connectivity index (χ3n) is 6.00. The molecule has 0 heterocycles. The SMILES string of the molecule is Cc1ccc(NC(=O)NC(c2ccccc2)C(NC(=O)Nc2ccc(C(F)(F)F)cc2)c2ccccc2)cc1. The molecule has 0 bridgehead atoms. The highest BCUT2D eigenvalue weighted by Crippen LogP contribution is 2.31. The molecule has 0 aliphatic rings. The average Bonchev–Trinajstić information content (AvgIpc) is 2.93.